The third-order valence-electron chi connectivity index (χ3n) is 5.32. The van der Waals surface area contributed by atoms with E-state index in [1.165, 1.54) is 11.3 Å². The van der Waals surface area contributed by atoms with E-state index in [1.54, 1.807) is 6.26 Å². The van der Waals surface area contributed by atoms with Crippen molar-refractivity contribution in [3.8, 4) is 0 Å². The summed E-state index contributed by atoms with van der Waals surface area (Å²) < 4.78 is 5.55. The monoisotopic (exact) mass is 339 g/mol. The lowest BCUT2D eigenvalue weighted by Gasteiger charge is -2.25. The Labute approximate surface area is 148 Å². The first-order valence-corrected chi connectivity index (χ1v) is 9.15. The molecular weight excluding hydrogens is 314 g/mol. The third-order valence-corrected chi connectivity index (χ3v) is 5.32. The number of para-hydroxylation sites is 1. The van der Waals surface area contributed by atoms with Crippen molar-refractivity contribution >= 4 is 11.6 Å². The van der Waals surface area contributed by atoms with E-state index in [4.69, 9.17) is 4.42 Å². The zero-order chi connectivity index (χ0) is 17.2. The van der Waals surface area contributed by atoms with Gasteiger partial charge in [0.15, 0.2) is 5.76 Å². The number of hydrogen-bond donors (Lipinski definition) is 2. The van der Waals surface area contributed by atoms with Crippen LogP contribution in [0.1, 0.15) is 41.4 Å². The van der Waals surface area contributed by atoms with E-state index in [-0.39, 0.29) is 11.9 Å². The fourth-order valence-corrected chi connectivity index (χ4v) is 3.93. The summed E-state index contributed by atoms with van der Waals surface area (Å²) in [6, 6.07) is 11.1. The van der Waals surface area contributed by atoms with Gasteiger partial charge in [0.05, 0.1) is 6.26 Å². The van der Waals surface area contributed by atoms with Gasteiger partial charge in [-0.1, -0.05) is 18.2 Å². The first-order chi connectivity index (χ1) is 12.2. The maximum atomic E-state index is 12.7. The Morgan fingerprint density at radius 2 is 2.08 bits per heavy atom. The zero-order valence-corrected chi connectivity index (χ0v) is 14.6. The Hall–Kier alpha value is -2.27. The van der Waals surface area contributed by atoms with Gasteiger partial charge >= 0.3 is 0 Å². The molecule has 1 amide bonds. The van der Waals surface area contributed by atoms with Crippen LogP contribution in [0.4, 0.5) is 5.69 Å². The number of nitrogens with one attached hydrogen (secondary N) is 2. The number of amides is 1. The van der Waals surface area contributed by atoms with Crippen LogP contribution in [-0.2, 0) is 13.0 Å². The van der Waals surface area contributed by atoms with E-state index in [0.717, 1.165) is 37.9 Å². The molecule has 0 radical (unpaired) electrons. The quantitative estimate of drug-likeness (QED) is 0.899. The lowest BCUT2D eigenvalue weighted by molar-refractivity contribution is 0.0900. The standard InChI is InChI=1S/C20H25N3O2/c1-14-12-15-4-2-3-5-18(15)23(14)13-16-8-11-25-19(16)20(24)22-17-6-9-21-10-7-17/h2-5,8,11,14,17,21H,6-7,9-10,12-13H2,1H3,(H,22,24). The Morgan fingerprint density at radius 1 is 1.28 bits per heavy atom. The molecule has 1 aromatic carbocycles. The van der Waals surface area contributed by atoms with Gasteiger partial charge in [-0.15, -0.1) is 0 Å². The SMILES string of the molecule is CC1Cc2ccccc2N1Cc1ccoc1C(=O)NC1CCNCC1. The molecule has 2 aliphatic rings. The normalized spacial score (nSPS) is 20.5. The van der Waals surface area contributed by atoms with Crippen molar-refractivity contribution < 1.29 is 9.21 Å². The average molecular weight is 339 g/mol. The fraction of sp³-hybridized carbons (Fsp3) is 0.450. The highest BCUT2D eigenvalue weighted by molar-refractivity contribution is 5.93. The molecule has 1 unspecified atom stereocenters. The minimum atomic E-state index is -0.0907. The lowest BCUT2D eigenvalue weighted by Crippen LogP contribution is -2.43. The van der Waals surface area contributed by atoms with Crippen LogP contribution in [0, 0.1) is 0 Å². The summed E-state index contributed by atoms with van der Waals surface area (Å²) >= 11 is 0. The fourth-order valence-electron chi connectivity index (χ4n) is 3.93. The van der Waals surface area contributed by atoms with Gasteiger partial charge in [-0.3, -0.25) is 4.79 Å². The molecule has 1 fully saturated rings. The number of nitrogens with zero attached hydrogens (tertiary/aromatic N) is 1. The van der Waals surface area contributed by atoms with E-state index in [9.17, 15) is 4.79 Å². The number of hydrogen-bond acceptors (Lipinski definition) is 4. The van der Waals surface area contributed by atoms with Crippen molar-refractivity contribution in [2.24, 2.45) is 0 Å². The van der Waals surface area contributed by atoms with Crippen LogP contribution in [0.5, 0.6) is 0 Å². The van der Waals surface area contributed by atoms with Crippen LogP contribution in [-0.4, -0.2) is 31.1 Å². The summed E-state index contributed by atoms with van der Waals surface area (Å²) in [6.45, 7) is 4.84. The van der Waals surface area contributed by atoms with Crippen molar-refractivity contribution in [3.05, 3.63) is 53.5 Å². The summed E-state index contributed by atoms with van der Waals surface area (Å²) in [7, 11) is 0. The highest BCUT2D eigenvalue weighted by Gasteiger charge is 2.28. The van der Waals surface area contributed by atoms with E-state index in [0.29, 0.717) is 18.3 Å². The Morgan fingerprint density at radius 3 is 2.92 bits per heavy atom. The molecule has 0 spiro atoms. The summed E-state index contributed by atoms with van der Waals surface area (Å²) in [5.41, 5.74) is 3.59. The molecule has 4 rings (SSSR count). The van der Waals surface area contributed by atoms with E-state index in [2.05, 4.69) is 46.7 Å². The van der Waals surface area contributed by atoms with E-state index >= 15 is 0 Å². The van der Waals surface area contributed by atoms with Crippen LogP contribution < -0.4 is 15.5 Å². The summed E-state index contributed by atoms with van der Waals surface area (Å²) in [5.74, 6) is 0.363. The van der Waals surface area contributed by atoms with Crippen molar-refractivity contribution in [3.63, 3.8) is 0 Å². The Bertz CT molecular complexity index is 749. The predicted octanol–water partition coefficient (Wildman–Crippen LogP) is 2.71. The lowest BCUT2D eigenvalue weighted by atomic mass is 10.1. The molecule has 5 heteroatoms. The van der Waals surface area contributed by atoms with Crippen molar-refractivity contribution in [2.75, 3.05) is 18.0 Å². The largest absolute Gasteiger partial charge is 0.459 e. The molecule has 2 N–H and O–H groups in total. The van der Waals surface area contributed by atoms with Crippen molar-refractivity contribution in [1.29, 1.82) is 0 Å². The van der Waals surface area contributed by atoms with Crippen LogP contribution in [0.15, 0.2) is 41.0 Å². The molecule has 0 bridgehead atoms. The van der Waals surface area contributed by atoms with Crippen molar-refractivity contribution in [1.82, 2.24) is 10.6 Å². The van der Waals surface area contributed by atoms with Crippen LogP contribution in [0.2, 0.25) is 0 Å². The van der Waals surface area contributed by atoms with Gasteiger partial charge in [0.1, 0.15) is 0 Å². The second-order valence-electron chi connectivity index (χ2n) is 7.08. The maximum absolute atomic E-state index is 12.7. The zero-order valence-electron chi connectivity index (χ0n) is 14.6. The highest BCUT2D eigenvalue weighted by Crippen LogP contribution is 2.33. The van der Waals surface area contributed by atoms with Gasteiger partial charge in [0.25, 0.3) is 5.91 Å². The Balaban J connectivity index is 1.49. The minimum absolute atomic E-state index is 0.0907. The molecule has 1 aromatic heterocycles. The van der Waals surface area contributed by atoms with Crippen LogP contribution in [0.3, 0.4) is 0 Å². The number of furan rings is 1. The van der Waals surface area contributed by atoms with Gasteiger partial charge in [-0.05, 0) is 57.0 Å². The van der Waals surface area contributed by atoms with Gasteiger partial charge in [-0.25, -0.2) is 0 Å². The molecule has 0 aliphatic carbocycles. The van der Waals surface area contributed by atoms with Crippen LogP contribution in [0.25, 0.3) is 0 Å². The van der Waals surface area contributed by atoms with E-state index < -0.39 is 0 Å². The number of piperidine rings is 1. The molecule has 2 aromatic rings. The second kappa shape index (κ2) is 6.92. The second-order valence-corrected chi connectivity index (χ2v) is 7.08. The molecule has 5 nitrogen and oxygen atoms in total. The van der Waals surface area contributed by atoms with Gasteiger partial charge < -0.3 is 20.0 Å². The Kier molecular flexibility index (Phi) is 4.49. The van der Waals surface area contributed by atoms with Crippen molar-refractivity contribution in [2.45, 2.75) is 44.8 Å². The number of anilines is 1. The van der Waals surface area contributed by atoms with Gasteiger partial charge in [0, 0.05) is 29.9 Å². The molecule has 3 heterocycles. The maximum Gasteiger partial charge on any atom is 0.287 e. The highest BCUT2D eigenvalue weighted by atomic mass is 16.3. The molecule has 25 heavy (non-hydrogen) atoms. The molecule has 1 atom stereocenters. The number of fused-ring (bicyclic) bond motifs is 1. The molecular formula is C20H25N3O2. The number of carbonyl (C=O) groups excluding carboxylic acids is 1. The average Bonchev–Trinajstić information content (AvgIpc) is 3.21. The molecule has 0 saturated carbocycles. The van der Waals surface area contributed by atoms with E-state index in [1.807, 2.05) is 6.07 Å². The first kappa shape index (κ1) is 16.2. The number of rotatable bonds is 4. The van der Waals surface area contributed by atoms with Gasteiger partial charge in [0.2, 0.25) is 0 Å². The summed E-state index contributed by atoms with van der Waals surface area (Å²) in [4.78, 5) is 15.0. The third kappa shape index (κ3) is 3.29. The van der Waals surface area contributed by atoms with Gasteiger partial charge in [-0.2, -0.15) is 0 Å². The molecule has 132 valence electrons. The molecule has 2 aliphatic heterocycles. The summed E-state index contributed by atoms with van der Waals surface area (Å²) in [6.07, 6.45) is 4.61. The topological polar surface area (TPSA) is 57.5 Å². The first-order valence-electron chi connectivity index (χ1n) is 9.15. The smallest absolute Gasteiger partial charge is 0.287 e. The summed E-state index contributed by atoms with van der Waals surface area (Å²) in [5, 5.41) is 6.44. The minimum Gasteiger partial charge on any atom is -0.459 e. The predicted molar refractivity (Wildman–Crippen MR) is 97.9 cm³/mol. The molecule has 1 saturated heterocycles. The van der Waals surface area contributed by atoms with Crippen LogP contribution >= 0.6 is 0 Å². The number of carbonyl (C=O) groups is 1. The number of benzene rings is 1.